The van der Waals surface area contributed by atoms with E-state index in [1.807, 2.05) is 60.4 Å². The number of fused-ring (bicyclic) bond motifs is 1. The second kappa shape index (κ2) is 6.28. The van der Waals surface area contributed by atoms with Gasteiger partial charge in [0.05, 0.1) is 17.8 Å². The van der Waals surface area contributed by atoms with E-state index in [1.54, 1.807) is 0 Å². The van der Waals surface area contributed by atoms with Gasteiger partial charge in [0.2, 0.25) is 6.79 Å². The van der Waals surface area contributed by atoms with Crippen molar-refractivity contribution < 1.29 is 9.47 Å². The van der Waals surface area contributed by atoms with Crippen LogP contribution in [0.3, 0.4) is 0 Å². The van der Waals surface area contributed by atoms with Crippen molar-refractivity contribution in [3.05, 3.63) is 72.3 Å². The number of aromatic nitrogens is 2. The first-order valence-corrected chi connectivity index (χ1v) is 9.14. The topological polar surface area (TPSA) is 51.6 Å². The smallest absolute Gasteiger partial charge is 0.231 e. The minimum absolute atomic E-state index is 0.0195. The Labute approximate surface area is 162 Å². The normalized spacial score (nSPS) is 20.8. The van der Waals surface area contributed by atoms with Gasteiger partial charge >= 0.3 is 0 Å². The summed E-state index contributed by atoms with van der Waals surface area (Å²) < 4.78 is 13.1. The van der Waals surface area contributed by atoms with E-state index < -0.39 is 0 Å². The zero-order valence-corrected chi connectivity index (χ0v) is 15.5. The molecule has 0 aliphatic carbocycles. The third-order valence-electron chi connectivity index (χ3n) is 4.93. The van der Waals surface area contributed by atoms with Crippen molar-refractivity contribution in [1.82, 2.24) is 14.9 Å². The summed E-state index contributed by atoms with van der Waals surface area (Å²) in [5.74, 6) is 1.50. The molecule has 2 aliphatic rings. The summed E-state index contributed by atoms with van der Waals surface area (Å²) in [6.45, 7) is 0.250. The third kappa shape index (κ3) is 2.71. The molecule has 1 fully saturated rings. The van der Waals surface area contributed by atoms with Crippen molar-refractivity contribution in [2.45, 2.75) is 12.1 Å². The summed E-state index contributed by atoms with van der Waals surface area (Å²) in [6.07, 6.45) is 5.98. The van der Waals surface area contributed by atoms with Gasteiger partial charge in [0.15, 0.2) is 16.6 Å². The number of aryl methyl sites for hydroxylation is 1. The quantitative estimate of drug-likeness (QED) is 0.706. The molecular formula is C20H18N4O2S. The number of ether oxygens (including phenoxy) is 2. The lowest BCUT2D eigenvalue weighted by Crippen LogP contribution is -2.29. The number of benzene rings is 1. The summed E-state index contributed by atoms with van der Waals surface area (Å²) in [4.78, 5) is 6.69. The van der Waals surface area contributed by atoms with Crippen molar-refractivity contribution >= 4 is 23.0 Å². The van der Waals surface area contributed by atoms with E-state index in [1.165, 1.54) is 0 Å². The van der Waals surface area contributed by atoms with Crippen LogP contribution in [0.25, 0.3) is 0 Å². The van der Waals surface area contributed by atoms with Gasteiger partial charge in [0, 0.05) is 37.4 Å². The predicted molar refractivity (Wildman–Crippen MR) is 106 cm³/mol. The van der Waals surface area contributed by atoms with E-state index in [-0.39, 0.29) is 18.9 Å². The number of hydrogen-bond acceptors (Lipinski definition) is 4. The number of anilines is 1. The van der Waals surface area contributed by atoms with Crippen LogP contribution in [0.5, 0.6) is 11.5 Å². The average Bonchev–Trinajstić information content (AvgIpc) is 3.39. The molecule has 0 saturated carbocycles. The summed E-state index contributed by atoms with van der Waals surface area (Å²) in [7, 11) is 2.02. The molecule has 6 nitrogen and oxygen atoms in total. The Kier molecular flexibility index (Phi) is 3.75. The molecule has 136 valence electrons. The van der Waals surface area contributed by atoms with Gasteiger partial charge in [0.1, 0.15) is 0 Å². The highest BCUT2D eigenvalue weighted by molar-refractivity contribution is 7.80. The van der Waals surface area contributed by atoms with Crippen LogP contribution in [-0.4, -0.2) is 21.5 Å². The molecule has 1 aromatic carbocycles. The molecule has 1 N–H and O–H groups in total. The molecular weight excluding hydrogens is 360 g/mol. The molecule has 0 spiro atoms. The van der Waals surface area contributed by atoms with E-state index >= 15 is 0 Å². The molecule has 4 heterocycles. The SMILES string of the molecule is Cn1ccc([C@H]2[C@H](c3ccccn3)NC(=S)N2c2ccc3c(c2)OCO3)c1. The molecule has 2 atom stereocenters. The van der Waals surface area contributed by atoms with Gasteiger partial charge in [-0.15, -0.1) is 0 Å². The Morgan fingerprint density at radius 2 is 2.04 bits per heavy atom. The number of rotatable bonds is 3. The Morgan fingerprint density at radius 1 is 1.15 bits per heavy atom. The molecule has 0 radical (unpaired) electrons. The van der Waals surface area contributed by atoms with Crippen LogP contribution in [0.15, 0.2) is 61.1 Å². The zero-order valence-electron chi connectivity index (χ0n) is 14.7. The van der Waals surface area contributed by atoms with Crippen LogP contribution in [-0.2, 0) is 7.05 Å². The summed E-state index contributed by atoms with van der Waals surface area (Å²) in [5.41, 5.74) is 3.08. The second-order valence-electron chi connectivity index (χ2n) is 6.64. The fraction of sp³-hybridized carbons (Fsp3) is 0.200. The minimum Gasteiger partial charge on any atom is -0.454 e. The van der Waals surface area contributed by atoms with Gasteiger partial charge in [-0.05, 0) is 48.1 Å². The monoisotopic (exact) mass is 378 g/mol. The number of pyridine rings is 1. The average molecular weight is 378 g/mol. The van der Waals surface area contributed by atoms with Gasteiger partial charge in [-0.2, -0.15) is 0 Å². The largest absolute Gasteiger partial charge is 0.454 e. The molecule has 3 aromatic rings. The van der Waals surface area contributed by atoms with Gasteiger partial charge < -0.3 is 24.3 Å². The van der Waals surface area contributed by atoms with Crippen molar-refractivity contribution in [3.63, 3.8) is 0 Å². The van der Waals surface area contributed by atoms with Crippen molar-refractivity contribution in [2.24, 2.45) is 7.05 Å². The second-order valence-corrected chi connectivity index (χ2v) is 7.03. The lowest BCUT2D eigenvalue weighted by molar-refractivity contribution is 0.174. The molecule has 27 heavy (non-hydrogen) atoms. The van der Waals surface area contributed by atoms with Crippen LogP contribution < -0.4 is 19.7 Å². The minimum atomic E-state index is -0.0495. The first-order chi connectivity index (χ1) is 13.2. The van der Waals surface area contributed by atoms with Crippen LogP contribution in [0.1, 0.15) is 23.3 Å². The van der Waals surface area contributed by atoms with Crippen molar-refractivity contribution in [2.75, 3.05) is 11.7 Å². The third-order valence-corrected chi connectivity index (χ3v) is 5.24. The van der Waals surface area contributed by atoms with Gasteiger partial charge in [0.25, 0.3) is 0 Å². The van der Waals surface area contributed by atoms with E-state index in [4.69, 9.17) is 21.7 Å². The van der Waals surface area contributed by atoms with Crippen LogP contribution >= 0.6 is 12.2 Å². The van der Waals surface area contributed by atoms with Crippen LogP contribution in [0, 0.1) is 0 Å². The number of hydrogen-bond donors (Lipinski definition) is 1. The fourth-order valence-electron chi connectivity index (χ4n) is 3.71. The summed E-state index contributed by atoms with van der Waals surface area (Å²) in [6, 6.07) is 13.9. The highest BCUT2D eigenvalue weighted by Gasteiger charge is 2.41. The predicted octanol–water partition coefficient (Wildman–Crippen LogP) is 3.33. The Bertz CT molecular complexity index is 1000. The van der Waals surface area contributed by atoms with E-state index in [2.05, 4.69) is 27.5 Å². The lowest BCUT2D eigenvalue weighted by Gasteiger charge is -2.27. The maximum Gasteiger partial charge on any atom is 0.231 e. The maximum atomic E-state index is 5.72. The number of nitrogens with one attached hydrogen (secondary N) is 1. The fourth-order valence-corrected chi connectivity index (χ4v) is 4.05. The van der Waals surface area contributed by atoms with Gasteiger partial charge in [-0.3, -0.25) is 4.98 Å². The van der Waals surface area contributed by atoms with Crippen LogP contribution in [0.2, 0.25) is 0 Å². The standard InChI is InChI=1S/C20H18N4O2S/c1-23-9-7-13(11-23)19-18(15-4-2-3-8-21-15)22-20(27)24(19)14-5-6-16-17(10-14)26-12-25-16/h2-11,18-19H,12H2,1H3,(H,22,27)/t18-,19-/m0/s1. The molecule has 0 unspecified atom stereocenters. The number of nitrogens with zero attached hydrogens (tertiary/aromatic N) is 3. The Hall–Kier alpha value is -3.06. The van der Waals surface area contributed by atoms with E-state index in [9.17, 15) is 0 Å². The van der Waals surface area contributed by atoms with E-state index in [0.29, 0.717) is 5.11 Å². The summed E-state index contributed by atoms with van der Waals surface area (Å²) >= 11 is 5.72. The number of thiocarbonyl (C=S) groups is 1. The van der Waals surface area contributed by atoms with Gasteiger partial charge in [-0.25, -0.2) is 0 Å². The van der Waals surface area contributed by atoms with E-state index in [0.717, 1.165) is 28.4 Å². The van der Waals surface area contributed by atoms with Crippen LogP contribution in [0.4, 0.5) is 5.69 Å². The molecule has 5 rings (SSSR count). The molecule has 2 aliphatic heterocycles. The van der Waals surface area contributed by atoms with Crippen molar-refractivity contribution in [1.29, 1.82) is 0 Å². The highest BCUT2D eigenvalue weighted by Crippen LogP contribution is 2.44. The first-order valence-electron chi connectivity index (χ1n) is 8.73. The van der Waals surface area contributed by atoms with Crippen molar-refractivity contribution in [3.8, 4) is 11.5 Å². The Balaban J connectivity index is 1.61. The maximum absolute atomic E-state index is 5.72. The zero-order chi connectivity index (χ0) is 18.4. The molecule has 0 amide bonds. The molecule has 0 bridgehead atoms. The molecule has 1 saturated heterocycles. The highest BCUT2D eigenvalue weighted by atomic mass is 32.1. The lowest BCUT2D eigenvalue weighted by atomic mass is 9.98. The molecule has 7 heteroatoms. The Morgan fingerprint density at radius 3 is 2.81 bits per heavy atom. The molecule has 2 aromatic heterocycles. The van der Waals surface area contributed by atoms with Gasteiger partial charge in [-0.1, -0.05) is 6.07 Å². The summed E-state index contributed by atoms with van der Waals surface area (Å²) in [5, 5.41) is 4.12. The first kappa shape index (κ1) is 16.1.